The first kappa shape index (κ1) is 24.5. The summed E-state index contributed by atoms with van der Waals surface area (Å²) in [5.41, 5.74) is 6.44. The molecule has 4 rings (SSSR count). The average molecular weight is 458 g/mol. The van der Waals surface area contributed by atoms with Crippen LogP contribution in [0.3, 0.4) is 0 Å². The fourth-order valence-corrected chi connectivity index (χ4v) is 4.73. The molecule has 1 aromatic carbocycles. The summed E-state index contributed by atoms with van der Waals surface area (Å²) in [5, 5.41) is 7.13. The fraction of sp³-hybridized carbons (Fsp3) is 0.448. The zero-order valence-electron chi connectivity index (χ0n) is 20.7. The van der Waals surface area contributed by atoms with Gasteiger partial charge >= 0.3 is 0 Å². The van der Waals surface area contributed by atoms with E-state index in [9.17, 15) is 0 Å². The number of aromatic nitrogens is 2. The smallest absolute Gasteiger partial charge is 0.0607 e. The van der Waals surface area contributed by atoms with Crippen LogP contribution in [0.25, 0.3) is 0 Å². The van der Waals surface area contributed by atoms with Crippen molar-refractivity contribution in [3.63, 3.8) is 0 Å². The normalized spacial score (nSPS) is 15.6. The summed E-state index contributed by atoms with van der Waals surface area (Å²) in [4.78, 5) is 11.8. The highest BCUT2D eigenvalue weighted by molar-refractivity contribution is 5.27. The molecule has 0 radical (unpaired) electrons. The van der Waals surface area contributed by atoms with Gasteiger partial charge in [0.25, 0.3) is 0 Å². The Kier molecular flexibility index (Phi) is 9.19. The Morgan fingerprint density at radius 2 is 1.74 bits per heavy atom. The summed E-state index contributed by atoms with van der Waals surface area (Å²) < 4.78 is 0. The molecule has 1 aliphatic carbocycles. The molecule has 0 saturated heterocycles. The topological polar surface area (TPSA) is 53.1 Å². The van der Waals surface area contributed by atoms with Crippen LogP contribution in [-0.2, 0) is 26.1 Å². The lowest BCUT2D eigenvalue weighted by Crippen LogP contribution is -2.37. The predicted octanol–water partition coefficient (Wildman–Crippen LogP) is 4.89. The van der Waals surface area contributed by atoms with Crippen LogP contribution in [0.4, 0.5) is 0 Å². The largest absolute Gasteiger partial charge is 0.315 e. The molecule has 3 aromatic rings. The van der Waals surface area contributed by atoms with Gasteiger partial charge < -0.3 is 10.6 Å². The van der Waals surface area contributed by atoms with E-state index in [-0.39, 0.29) is 0 Å². The highest BCUT2D eigenvalue weighted by Gasteiger charge is 2.27. The summed E-state index contributed by atoms with van der Waals surface area (Å²) in [7, 11) is 0. The van der Waals surface area contributed by atoms with Crippen molar-refractivity contribution in [2.75, 3.05) is 19.6 Å². The number of nitrogens with zero attached hydrogens (tertiary/aromatic N) is 3. The van der Waals surface area contributed by atoms with E-state index in [1.165, 1.54) is 35.2 Å². The Labute approximate surface area is 205 Å². The van der Waals surface area contributed by atoms with Crippen molar-refractivity contribution in [1.29, 1.82) is 0 Å². The van der Waals surface area contributed by atoms with Crippen molar-refractivity contribution >= 4 is 0 Å². The minimum Gasteiger partial charge on any atom is -0.315 e. The van der Waals surface area contributed by atoms with E-state index in [4.69, 9.17) is 4.98 Å². The third-order valence-electron chi connectivity index (χ3n) is 6.50. The Morgan fingerprint density at radius 3 is 2.53 bits per heavy atom. The van der Waals surface area contributed by atoms with Crippen molar-refractivity contribution in [2.24, 2.45) is 5.92 Å². The molecule has 0 aliphatic heterocycles. The quantitative estimate of drug-likeness (QED) is 0.379. The number of aryl methyl sites for hydroxylation is 1. The van der Waals surface area contributed by atoms with Crippen molar-refractivity contribution in [1.82, 2.24) is 25.5 Å². The van der Waals surface area contributed by atoms with Gasteiger partial charge in [-0.15, -0.1) is 0 Å². The second-order valence-corrected chi connectivity index (χ2v) is 9.77. The molecule has 0 amide bonds. The predicted molar refractivity (Wildman–Crippen MR) is 139 cm³/mol. The third kappa shape index (κ3) is 7.20. The second kappa shape index (κ2) is 12.7. The maximum atomic E-state index is 4.82. The number of nitrogens with one attached hydrogen (secondary N) is 2. The first-order valence-electron chi connectivity index (χ1n) is 12.8. The summed E-state index contributed by atoms with van der Waals surface area (Å²) in [5.74, 6) is 0.671. The zero-order valence-corrected chi connectivity index (χ0v) is 20.7. The molecule has 180 valence electrons. The number of rotatable bonds is 12. The molecule has 34 heavy (non-hydrogen) atoms. The van der Waals surface area contributed by atoms with Gasteiger partial charge in [0.2, 0.25) is 0 Å². The van der Waals surface area contributed by atoms with Crippen LogP contribution in [0, 0.1) is 5.92 Å². The summed E-state index contributed by atoms with van der Waals surface area (Å²) in [6.07, 6.45) is 7.37. The SMILES string of the molecule is CC(C)CNCCN(Cc1ccc(CNCc2ccccn2)cc1)C1CCCc2cccnc21. The van der Waals surface area contributed by atoms with E-state index in [0.717, 1.165) is 51.4 Å². The standard InChI is InChI=1S/C29H39N5/c1-23(2)19-30-17-18-34(28-10-5-7-26-8-6-16-33-29(26)28)22-25-13-11-24(12-14-25)20-31-21-27-9-3-4-15-32-27/h3-4,6,8-9,11-16,23,28,30-31H,5,7,10,17-22H2,1-2H3. The monoisotopic (exact) mass is 457 g/mol. The van der Waals surface area contributed by atoms with Gasteiger partial charge in [-0.25, -0.2) is 0 Å². The second-order valence-electron chi connectivity index (χ2n) is 9.77. The molecule has 1 unspecified atom stereocenters. The van der Waals surface area contributed by atoms with E-state index in [2.05, 4.69) is 76.8 Å². The van der Waals surface area contributed by atoms with Crippen LogP contribution in [-0.4, -0.2) is 34.5 Å². The Balaban J connectivity index is 1.38. The number of hydrogen-bond donors (Lipinski definition) is 2. The minimum atomic E-state index is 0.394. The maximum Gasteiger partial charge on any atom is 0.0607 e. The first-order valence-corrected chi connectivity index (χ1v) is 12.8. The summed E-state index contributed by atoms with van der Waals surface area (Å²) >= 11 is 0. The maximum absolute atomic E-state index is 4.82. The van der Waals surface area contributed by atoms with Crippen LogP contribution in [0.15, 0.2) is 67.0 Å². The van der Waals surface area contributed by atoms with Gasteiger partial charge in [-0.05, 0) is 66.6 Å². The van der Waals surface area contributed by atoms with Gasteiger partial charge in [0, 0.05) is 45.1 Å². The summed E-state index contributed by atoms with van der Waals surface area (Å²) in [6, 6.07) is 19.9. The third-order valence-corrected chi connectivity index (χ3v) is 6.50. The van der Waals surface area contributed by atoms with Crippen molar-refractivity contribution in [2.45, 2.75) is 58.8 Å². The van der Waals surface area contributed by atoms with Crippen molar-refractivity contribution < 1.29 is 0 Å². The molecule has 0 bridgehead atoms. The molecule has 5 heteroatoms. The van der Waals surface area contributed by atoms with Crippen LogP contribution in [0.2, 0.25) is 0 Å². The van der Waals surface area contributed by atoms with E-state index in [1.54, 1.807) is 0 Å². The number of benzene rings is 1. The van der Waals surface area contributed by atoms with Crippen LogP contribution in [0.1, 0.15) is 60.8 Å². The van der Waals surface area contributed by atoms with Gasteiger partial charge in [0.05, 0.1) is 17.4 Å². The molecule has 5 nitrogen and oxygen atoms in total. The van der Waals surface area contributed by atoms with E-state index in [0.29, 0.717) is 12.0 Å². The lowest BCUT2D eigenvalue weighted by Gasteiger charge is -2.35. The Hall–Kier alpha value is -2.60. The number of pyridine rings is 2. The van der Waals surface area contributed by atoms with Gasteiger partial charge in [0.1, 0.15) is 0 Å². The zero-order chi connectivity index (χ0) is 23.6. The van der Waals surface area contributed by atoms with E-state index < -0.39 is 0 Å². The average Bonchev–Trinajstić information content (AvgIpc) is 2.87. The van der Waals surface area contributed by atoms with Gasteiger partial charge in [-0.1, -0.05) is 50.2 Å². The molecule has 1 aliphatic rings. The van der Waals surface area contributed by atoms with E-state index in [1.807, 2.05) is 24.5 Å². The lowest BCUT2D eigenvalue weighted by atomic mass is 9.90. The molecule has 2 aromatic heterocycles. The molecule has 0 fully saturated rings. The Bertz CT molecular complexity index is 987. The van der Waals surface area contributed by atoms with Crippen LogP contribution in [0.5, 0.6) is 0 Å². The molecule has 2 N–H and O–H groups in total. The molecule has 2 heterocycles. The summed E-state index contributed by atoms with van der Waals surface area (Å²) in [6.45, 7) is 10.2. The molecular formula is C29H39N5. The first-order chi connectivity index (χ1) is 16.7. The molecule has 1 atom stereocenters. The molecular weight excluding hydrogens is 418 g/mol. The van der Waals surface area contributed by atoms with Crippen molar-refractivity contribution in [3.05, 3.63) is 95.1 Å². The highest BCUT2D eigenvalue weighted by atomic mass is 15.2. The van der Waals surface area contributed by atoms with Crippen LogP contribution >= 0.6 is 0 Å². The van der Waals surface area contributed by atoms with Crippen LogP contribution < -0.4 is 10.6 Å². The number of hydrogen-bond acceptors (Lipinski definition) is 5. The van der Waals surface area contributed by atoms with Crippen molar-refractivity contribution in [3.8, 4) is 0 Å². The highest BCUT2D eigenvalue weighted by Crippen LogP contribution is 2.33. The van der Waals surface area contributed by atoms with E-state index >= 15 is 0 Å². The lowest BCUT2D eigenvalue weighted by molar-refractivity contribution is 0.166. The fourth-order valence-electron chi connectivity index (χ4n) is 4.73. The Morgan fingerprint density at radius 1 is 0.912 bits per heavy atom. The van der Waals surface area contributed by atoms with Gasteiger partial charge in [-0.3, -0.25) is 14.9 Å². The molecule has 0 saturated carbocycles. The van der Waals surface area contributed by atoms with Gasteiger partial charge in [-0.2, -0.15) is 0 Å². The molecule has 0 spiro atoms. The number of fused-ring (bicyclic) bond motifs is 1. The van der Waals surface area contributed by atoms with Gasteiger partial charge in [0.15, 0.2) is 0 Å². The minimum absolute atomic E-state index is 0.394.